The van der Waals surface area contributed by atoms with Crippen molar-refractivity contribution in [2.75, 3.05) is 29.4 Å². The lowest BCUT2D eigenvalue weighted by Crippen LogP contribution is -2.65. The Labute approximate surface area is 834 Å². The van der Waals surface area contributed by atoms with Crippen LogP contribution in [-0.2, 0) is 10.8 Å². The minimum atomic E-state index is -0.392. The van der Waals surface area contributed by atoms with Crippen LogP contribution < -0.4 is 62.2 Å². The molecule has 0 saturated heterocycles. The lowest BCUT2D eigenvalue weighted by atomic mass is 9.30. The van der Waals surface area contributed by atoms with Crippen molar-refractivity contribution in [3.63, 3.8) is 0 Å². The molecule has 0 aliphatic carbocycles. The minimum Gasteiger partial charge on any atom is -0.311 e. The van der Waals surface area contributed by atoms with Gasteiger partial charge in [0, 0.05) is 107 Å². The first-order valence-electron chi connectivity index (χ1n) is 49.6. The summed E-state index contributed by atoms with van der Waals surface area (Å²) in [5, 5.41) is 0. The summed E-state index contributed by atoms with van der Waals surface area (Å²) < 4.78 is 0. The number of benzene rings is 21. The van der Waals surface area contributed by atoms with Crippen LogP contribution in [0.1, 0.15) is 52.7 Å². The van der Waals surface area contributed by atoms with E-state index in [2.05, 4.69) is 581 Å². The predicted octanol–water partition coefficient (Wildman–Crippen LogP) is 32.7. The smallest absolute Gasteiger partial charge is 0.252 e. The van der Waals surface area contributed by atoms with Crippen LogP contribution in [-0.4, -0.2) is 13.4 Å². The van der Waals surface area contributed by atoms with Gasteiger partial charge in [0.2, 0.25) is 0 Å². The molecule has 0 bridgehead atoms. The van der Waals surface area contributed by atoms with Gasteiger partial charge in [-0.05, 0) is 190 Å². The second kappa shape index (κ2) is 35.5. The van der Waals surface area contributed by atoms with E-state index in [1.165, 1.54) is 43.9 Å². The lowest BCUT2D eigenvalue weighted by molar-refractivity contribution is 0.590. The van der Waals surface area contributed by atoms with Crippen LogP contribution in [0.25, 0.3) is 89.0 Å². The molecule has 0 fully saturated rings. The van der Waals surface area contributed by atoms with Gasteiger partial charge in [0.05, 0.1) is 39.8 Å². The first kappa shape index (κ1) is 86.2. The highest BCUT2D eigenvalue weighted by molar-refractivity contribution is 7.03. The molecule has 0 radical (unpaired) electrons. The molecule has 0 aromatic heterocycles. The maximum absolute atomic E-state index is 2.77. The fourth-order valence-corrected chi connectivity index (χ4v) is 22.8. The standard InChI is InChI=1S/C134H102B2N6/c1-133(2,3)99-81-77-97(78-82-99)112-69-44-70-113(98-79-83-100(84-80-98)134(4,5)6)132(112)142-123-90-122-116(89-117(123)135-114-71-36-40-75-120(114)140(119-74-39-35-64-107(119)92-47-18-8-19-48-92)125-85-104(86-127(142)129(125)135)137(101-57-28-13-29-58-101)118-73-38-34-63-106(118)91-45-16-7-17-46-91)136-115-72-37-41-76-121(115)141(131-110(95-53-24-11-25-54-95)67-43-68-111(131)96-55-26-12-27-56-96)126-88-105(87-124(128(126)136)139(122)103-61-32-15-33-62-103)138(102-59-30-14-31-60-102)130-108(93-49-20-9-21-50-93)65-42-66-109(130)94-51-22-10-23-52-94/h7-90H,1-6H3. The summed E-state index contributed by atoms with van der Waals surface area (Å²) in [6.07, 6.45) is 0. The van der Waals surface area contributed by atoms with Gasteiger partial charge < -0.3 is 29.4 Å². The molecule has 0 atom stereocenters. The molecule has 0 N–H and O–H groups in total. The number of rotatable bonds is 18. The summed E-state index contributed by atoms with van der Waals surface area (Å²) in [4.78, 5) is 15.9. The topological polar surface area (TPSA) is 19.4 Å². The lowest BCUT2D eigenvalue weighted by Gasteiger charge is -2.48. The molecule has 0 unspecified atom stereocenters. The van der Waals surface area contributed by atoms with E-state index >= 15 is 0 Å². The van der Waals surface area contributed by atoms with Crippen molar-refractivity contribution in [3.05, 3.63) is 521 Å². The predicted molar refractivity (Wildman–Crippen MR) is 605 cm³/mol. The Bertz CT molecular complexity index is 8150. The van der Waals surface area contributed by atoms with Gasteiger partial charge in [-0.3, -0.25) is 0 Å². The second-order valence-corrected chi connectivity index (χ2v) is 39.8. The van der Waals surface area contributed by atoms with E-state index in [9.17, 15) is 0 Å². The Kier molecular flexibility index (Phi) is 21.6. The van der Waals surface area contributed by atoms with Gasteiger partial charge in [-0.1, -0.05) is 460 Å². The van der Waals surface area contributed by atoms with Crippen molar-refractivity contribution in [1.82, 2.24) is 0 Å². The van der Waals surface area contributed by atoms with Gasteiger partial charge in [0.1, 0.15) is 0 Å². The Morgan fingerprint density at radius 2 is 0.472 bits per heavy atom. The average molecular weight is 1820 g/mol. The van der Waals surface area contributed by atoms with Crippen LogP contribution in [0.4, 0.5) is 102 Å². The highest BCUT2D eigenvalue weighted by atomic mass is 15.2. The zero-order valence-corrected chi connectivity index (χ0v) is 80.3. The second-order valence-electron chi connectivity index (χ2n) is 39.8. The van der Waals surface area contributed by atoms with E-state index in [0.29, 0.717) is 0 Å². The Morgan fingerprint density at radius 1 is 0.183 bits per heavy atom. The monoisotopic (exact) mass is 1820 g/mol. The zero-order chi connectivity index (χ0) is 95.3. The summed E-state index contributed by atoms with van der Waals surface area (Å²) in [6.45, 7) is 13.2. The third kappa shape index (κ3) is 14.9. The molecule has 21 aromatic rings. The highest BCUT2D eigenvalue weighted by Gasteiger charge is 2.51. The molecule has 8 heteroatoms. The summed E-state index contributed by atoms with van der Waals surface area (Å²) >= 11 is 0. The van der Waals surface area contributed by atoms with Crippen molar-refractivity contribution < 1.29 is 0 Å². The molecule has 25 rings (SSSR count). The molecule has 0 saturated carbocycles. The first-order valence-corrected chi connectivity index (χ1v) is 49.6. The number of hydrogen-bond donors (Lipinski definition) is 0. The van der Waals surface area contributed by atoms with Crippen LogP contribution >= 0.6 is 0 Å². The third-order valence-corrected chi connectivity index (χ3v) is 29.3. The molecule has 21 aromatic carbocycles. The molecule has 0 amide bonds. The van der Waals surface area contributed by atoms with Crippen molar-refractivity contribution in [3.8, 4) is 89.0 Å². The Balaban J connectivity index is 0.860. The first-order chi connectivity index (χ1) is 69.8. The van der Waals surface area contributed by atoms with Crippen molar-refractivity contribution in [2.45, 2.75) is 52.4 Å². The van der Waals surface area contributed by atoms with E-state index in [0.717, 1.165) is 191 Å². The Hall–Kier alpha value is -17.5. The number of fused-ring (bicyclic) bond motifs is 8. The van der Waals surface area contributed by atoms with Gasteiger partial charge in [-0.15, -0.1) is 0 Å². The molecule has 4 heterocycles. The van der Waals surface area contributed by atoms with Crippen LogP contribution in [0, 0.1) is 0 Å². The van der Waals surface area contributed by atoms with Crippen LogP contribution in [0.2, 0.25) is 0 Å². The molecule has 6 nitrogen and oxygen atoms in total. The third-order valence-electron chi connectivity index (χ3n) is 29.3. The van der Waals surface area contributed by atoms with Crippen LogP contribution in [0.5, 0.6) is 0 Å². The van der Waals surface area contributed by atoms with Gasteiger partial charge in [0.25, 0.3) is 13.4 Å². The number of hydrogen-bond acceptors (Lipinski definition) is 6. The Morgan fingerprint density at radius 3 is 0.901 bits per heavy atom. The SMILES string of the molecule is CC(C)(C)c1ccc(-c2cccc(-c3ccc(C(C)(C)C)cc3)c2N2c3cc4c(cc3B3c5ccccc5N(c5ccccc5-c5ccccc5)c5cc(N(c6ccccc6)c6ccccc6-c6ccccc6)cc2c53)B2c3ccccc3N(c3c(-c5ccccc5)cccc3-c3ccccc3)c3cc(N(c5ccccc5)c5c(-c6ccccc6)cccc5-c5ccccc5)cc(c32)N4c2ccccc2)cc1. The summed E-state index contributed by atoms with van der Waals surface area (Å²) in [5.74, 6) is 0. The highest BCUT2D eigenvalue weighted by Crippen LogP contribution is 2.59. The fourth-order valence-electron chi connectivity index (χ4n) is 22.8. The van der Waals surface area contributed by atoms with E-state index < -0.39 is 6.71 Å². The van der Waals surface area contributed by atoms with Gasteiger partial charge >= 0.3 is 0 Å². The maximum atomic E-state index is 2.77. The van der Waals surface area contributed by atoms with Gasteiger partial charge in [-0.2, -0.15) is 0 Å². The van der Waals surface area contributed by atoms with Gasteiger partial charge in [0.15, 0.2) is 0 Å². The number of anilines is 18. The molecule has 4 aliphatic rings. The number of para-hydroxylation sites is 10. The molecular weight excluding hydrogens is 1720 g/mol. The average Bonchev–Trinajstić information content (AvgIpc) is 0.677. The molecule has 142 heavy (non-hydrogen) atoms. The summed E-state index contributed by atoms with van der Waals surface area (Å²) in [7, 11) is 0. The van der Waals surface area contributed by atoms with Crippen molar-refractivity contribution in [1.29, 1.82) is 0 Å². The van der Waals surface area contributed by atoms with Gasteiger partial charge in [-0.25, -0.2) is 0 Å². The van der Waals surface area contributed by atoms with E-state index in [1.807, 2.05) is 0 Å². The van der Waals surface area contributed by atoms with Crippen molar-refractivity contribution >= 4 is 149 Å². The molecule has 674 valence electrons. The van der Waals surface area contributed by atoms with Crippen LogP contribution in [0.15, 0.2) is 510 Å². The van der Waals surface area contributed by atoms with E-state index in [1.54, 1.807) is 0 Å². The summed E-state index contributed by atoms with van der Waals surface area (Å²) in [6, 6.07) is 192. The maximum Gasteiger partial charge on any atom is 0.252 e. The van der Waals surface area contributed by atoms with E-state index in [-0.39, 0.29) is 17.5 Å². The van der Waals surface area contributed by atoms with Crippen LogP contribution in [0.3, 0.4) is 0 Å². The fraction of sp³-hybridized carbons (Fsp3) is 0.0597. The van der Waals surface area contributed by atoms with E-state index in [4.69, 9.17) is 0 Å². The molecular formula is C134H102B2N6. The largest absolute Gasteiger partial charge is 0.311 e. The molecule has 0 spiro atoms. The minimum absolute atomic E-state index is 0.125. The molecule has 4 aliphatic heterocycles. The zero-order valence-electron chi connectivity index (χ0n) is 80.3. The normalized spacial score (nSPS) is 12.6. The number of nitrogens with zero attached hydrogens (tertiary/aromatic N) is 6. The summed E-state index contributed by atoms with van der Waals surface area (Å²) in [5.41, 5.74) is 45.9. The van der Waals surface area contributed by atoms with Crippen molar-refractivity contribution in [2.24, 2.45) is 0 Å². The quantitative estimate of drug-likeness (QED) is 0.0792.